The van der Waals surface area contributed by atoms with Crippen molar-refractivity contribution in [2.75, 3.05) is 23.4 Å². The minimum absolute atomic E-state index is 0.0261. The Morgan fingerprint density at radius 1 is 1.27 bits per heavy atom. The molecule has 154 valence electrons. The van der Waals surface area contributed by atoms with Gasteiger partial charge in [-0.2, -0.15) is 0 Å². The number of nitrogens with zero attached hydrogens (tertiary/aromatic N) is 3. The summed E-state index contributed by atoms with van der Waals surface area (Å²) in [4.78, 5) is 24.7. The van der Waals surface area contributed by atoms with E-state index in [0.29, 0.717) is 26.1 Å². The minimum Gasteiger partial charge on any atom is -0.490 e. The molecule has 5 rings (SSSR count). The van der Waals surface area contributed by atoms with Crippen LogP contribution in [0.2, 0.25) is 0 Å². The standard InChI is InChI=1S/C23H24N4O2S/c1-23(2)11-17-21(19(28)12-23)30-22(26-17)27-8-9-29-20-6-5-16(10-18(20)27)25-14-15-4-3-7-24-13-15/h3-7,10,13,25H,8-9,11-12,14H2,1-2H3. The van der Waals surface area contributed by atoms with Crippen molar-refractivity contribution in [3.63, 3.8) is 0 Å². The smallest absolute Gasteiger partial charge is 0.190 e. The van der Waals surface area contributed by atoms with Crippen LogP contribution in [0.1, 0.15) is 41.2 Å². The number of fused-ring (bicyclic) bond motifs is 2. The maximum Gasteiger partial charge on any atom is 0.190 e. The first-order valence-corrected chi connectivity index (χ1v) is 11.0. The first kappa shape index (κ1) is 19.1. The topological polar surface area (TPSA) is 67.3 Å². The van der Waals surface area contributed by atoms with E-state index in [1.807, 2.05) is 30.5 Å². The van der Waals surface area contributed by atoms with Crippen molar-refractivity contribution in [3.8, 4) is 5.75 Å². The second-order valence-corrected chi connectivity index (χ2v) is 9.59. The second kappa shape index (κ2) is 7.40. The number of Topliss-reactive ketones (excluding diaryl/α,β-unsaturated/α-hetero) is 1. The van der Waals surface area contributed by atoms with Gasteiger partial charge in [0.25, 0.3) is 0 Å². The summed E-state index contributed by atoms with van der Waals surface area (Å²) in [6, 6.07) is 10.1. The molecule has 0 saturated carbocycles. The van der Waals surface area contributed by atoms with Crippen LogP contribution in [-0.4, -0.2) is 28.9 Å². The molecule has 7 heteroatoms. The van der Waals surface area contributed by atoms with E-state index in [4.69, 9.17) is 9.72 Å². The lowest BCUT2D eigenvalue weighted by Gasteiger charge is -2.29. The van der Waals surface area contributed by atoms with Gasteiger partial charge in [-0.25, -0.2) is 4.98 Å². The molecule has 0 saturated heterocycles. The van der Waals surface area contributed by atoms with Crippen LogP contribution >= 0.6 is 11.3 Å². The number of thiazole rings is 1. The Labute approximate surface area is 179 Å². The Bertz CT molecular complexity index is 1090. The molecule has 6 nitrogen and oxygen atoms in total. The van der Waals surface area contributed by atoms with Crippen LogP contribution in [0.25, 0.3) is 0 Å². The van der Waals surface area contributed by atoms with E-state index >= 15 is 0 Å². The van der Waals surface area contributed by atoms with Crippen molar-refractivity contribution in [3.05, 3.63) is 58.9 Å². The lowest BCUT2D eigenvalue weighted by molar-refractivity contribution is 0.0916. The molecule has 0 fully saturated rings. The first-order valence-electron chi connectivity index (χ1n) is 10.2. The highest BCUT2D eigenvalue weighted by atomic mass is 32.1. The molecule has 0 atom stereocenters. The number of benzene rings is 1. The van der Waals surface area contributed by atoms with Gasteiger partial charge in [0, 0.05) is 31.0 Å². The lowest BCUT2D eigenvalue weighted by atomic mass is 9.78. The molecule has 0 bridgehead atoms. The average Bonchev–Trinajstić information content (AvgIpc) is 3.15. The number of hydrogen-bond acceptors (Lipinski definition) is 7. The number of nitrogens with one attached hydrogen (secondary N) is 1. The second-order valence-electron chi connectivity index (χ2n) is 8.61. The molecule has 2 aliphatic rings. The highest BCUT2D eigenvalue weighted by molar-refractivity contribution is 7.17. The third kappa shape index (κ3) is 3.65. The summed E-state index contributed by atoms with van der Waals surface area (Å²) in [5.74, 6) is 1.05. The third-order valence-electron chi connectivity index (χ3n) is 5.50. The quantitative estimate of drug-likeness (QED) is 0.652. The van der Waals surface area contributed by atoms with Gasteiger partial charge < -0.3 is 15.0 Å². The minimum atomic E-state index is -0.0261. The summed E-state index contributed by atoms with van der Waals surface area (Å²) in [7, 11) is 0. The fourth-order valence-corrected chi connectivity index (χ4v) is 5.12. The molecule has 2 aromatic heterocycles. The summed E-state index contributed by atoms with van der Waals surface area (Å²) < 4.78 is 5.88. The summed E-state index contributed by atoms with van der Waals surface area (Å²) in [6.45, 7) is 6.28. The zero-order valence-electron chi connectivity index (χ0n) is 17.1. The van der Waals surface area contributed by atoms with Gasteiger partial charge in [0.1, 0.15) is 12.4 Å². The summed E-state index contributed by atoms with van der Waals surface area (Å²) in [5, 5.41) is 4.33. The van der Waals surface area contributed by atoms with Crippen LogP contribution in [0.5, 0.6) is 5.75 Å². The van der Waals surface area contributed by atoms with E-state index in [1.165, 1.54) is 11.3 Å². The van der Waals surface area contributed by atoms with Gasteiger partial charge in [-0.05, 0) is 41.7 Å². The Morgan fingerprint density at radius 2 is 2.17 bits per heavy atom. The molecule has 1 N–H and O–H groups in total. The van der Waals surface area contributed by atoms with Crippen LogP contribution in [0.15, 0.2) is 42.7 Å². The maximum absolute atomic E-state index is 12.6. The van der Waals surface area contributed by atoms with Gasteiger partial charge in [0.2, 0.25) is 0 Å². The summed E-state index contributed by atoms with van der Waals surface area (Å²) in [5.41, 5.74) is 4.02. The van der Waals surface area contributed by atoms with Crippen LogP contribution in [0, 0.1) is 5.41 Å². The number of aromatic nitrogens is 2. The van der Waals surface area contributed by atoms with Gasteiger partial charge in [0.05, 0.1) is 22.8 Å². The molecule has 1 aliphatic heterocycles. The number of ether oxygens (including phenoxy) is 1. The van der Waals surface area contributed by atoms with E-state index in [-0.39, 0.29) is 11.2 Å². The van der Waals surface area contributed by atoms with E-state index in [0.717, 1.165) is 44.8 Å². The predicted octanol–water partition coefficient (Wildman–Crippen LogP) is 4.84. The Morgan fingerprint density at radius 3 is 3.00 bits per heavy atom. The number of hydrogen-bond donors (Lipinski definition) is 1. The fourth-order valence-electron chi connectivity index (χ4n) is 4.06. The molecular formula is C23H24N4O2S. The van der Waals surface area contributed by atoms with Crippen LogP contribution in [-0.2, 0) is 13.0 Å². The molecule has 1 aromatic carbocycles. The largest absolute Gasteiger partial charge is 0.490 e. The monoisotopic (exact) mass is 420 g/mol. The van der Waals surface area contributed by atoms with Crippen LogP contribution in [0.4, 0.5) is 16.5 Å². The Balaban J connectivity index is 1.43. The van der Waals surface area contributed by atoms with Crippen LogP contribution < -0.4 is 15.0 Å². The molecule has 1 aliphatic carbocycles. The summed E-state index contributed by atoms with van der Waals surface area (Å²) in [6.07, 6.45) is 5.06. The number of anilines is 3. The molecule has 30 heavy (non-hydrogen) atoms. The number of pyridine rings is 1. The fraction of sp³-hybridized carbons (Fsp3) is 0.348. The highest BCUT2D eigenvalue weighted by Crippen LogP contribution is 2.44. The van der Waals surface area contributed by atoms with Crippen molar-refractivity contribution in [1.29, 1.82) is 0 Å². The average molecular weight is 421 g/mol. The molecule has 0 amide bonds. The number of rotatable bonds is 4. The molecule has 0 unspecified atom stereocenters. The van der Waals surface area contributed by atoms with Crippen molar-refractivity contribution >= 4 is 33.6 Å². The maximum atomic E-state index is 12.6. The van der Waals surface area contributed by atoms with E-state index in [9.17, 15) is 4.79 Å². The van der Waals surface area contributed by atoms with E-state index in [2.05, 4.69) is 35.1 Å². The highest BCUT2D eigenvalue weighted by Gasteiger charge is 2.35. The van der Waals surface area contributed by atoms with E-state index < -0.39 is 0 Å². The van der Waals surface area contributed by atoms with Crippen molar-refractivity contribution in [1.82, 2.24) is 9.97 Å². The SMILES string of the molecule is CC1(C)CC(=O)c2sc(N3CCOc4ccc(NCc5cccnc5)cc43)nc2C1. The number of ketones is 1. The normalized spacial score (nSPS) is 17.1. The van der Waals surface area contributed by atoms with Crippen molar-refractivity contribution in [2.45, 2.75) is 33.2 Å². The number of carbonyl (C=O) groups is 1. The predicted molar refractivity (Wildman–Crippen MR) is 119 cm³/mol. The van der Waals surface area contributed by atoms with Gasteiger partial charge in [-0.15, -0.1) is 0 Å². The van der Waals surface area contributed by atoms with Gasteiger partial charge in [-0.3, -0.25) is 9.78 Å². The summed E-state index contributed by atoms with van der Waals surface area (Å²) >= 11 is 1.51. The van der Waals surface area contributed by atoms with Crippen molar-refractivity contribution < 1.29 is 9.53 Å². The Kier molecular flexibility index (Phi) is 4.70. The van der Waals surface area contributed by atoms with Crippen LogP contribution in [0.3, 0.4) is 0 Å². The number of carbonyl (C=O) groups excluding carboxylic acids is 1. The van der Waals surface area contributed by atoms with Gasteiger partial charge in [-0.1, -0.05) is 31.3 Å². The lowest BCUT2D eigenvalue weighted by Crippen LogP contribution is -2.28. The first-order chi connectivity index (χ1) is 14.5. The molecule has 3 heterocycles. The Hall–Kier alpha value is -2.93. The third-order valence-corrected chi connectivity index (χ3v) is 6.66. The zero-order valence-corrected chi connectivity index (χ0v) is 18.0. The van der Waals surface area contributed by atoms with Gasteiger partial charge >= 0.3 is 0 Å². The van der Waals surface area contributed by atoms with E-state index in [1.54, 1.807) is 6.20 Å². The molecule has 0 radical (unpaired) electrons. The molecule has 3 aromatic rings. The van der Waals surface area contributed by atoms with Gasteiger partial charge in [0.15, 0.2) is 10.9 Å². The molecular weight excluding hydrogens is 396 g/mol. The molecule has 0 spiro atoms. The zero-order chi connectivity index (χ0) is 20.7. The van der Waals surface area contributed by atoms with Crippen molar-refractivity contribution in [2.24, 2.45) is 5.41 Å².